The van der Waals surface area contributed by atoms with E-state index >= 15 is 0 Å². The summed E-state index contributed by atoms with van der Waals surface area (Å²) in [5, 5.41) is 7.27. The van der Waals surface area contributed by atoms with Gasteiger partial charge in [-0.15, -0.1) is 0 Å². The topological polar surface area (TPSA) is 63.1 Å². The zero-order valence-electron chi connectivity index (χ0n) is 15.5. The van der Waals surface area contributed by atoms with Crippen LogP contribution >= 0.6 is 0 Å². The molecule has 1 fully saturated rings. The summed E-state index contributed by atoms with van der Waals surface area (Å²) in [5.41, 5.74) is 0.960. The molecule has 28 heavy (non-hydrogen) atoms. The van der Waals surface area contributed by atoms with Gasteiger partial charge in [-0.3, -0.25) is 9.78 Å². The fourth-order valence-corrected chi connectivity index (χ4v) is 4.19. The Morgan fingerprint density at radius 1 is 1.25 bits per heavy atom. The highest BCUT2D eigenvalue weighted by Crippen LogP contribution is 2.42. The molecule has 1 saturated heterocycles. The molecule has 4 rings (SSSR count). The van der Waals surface area contributed by atoms with E-state index < -0.39 is 12.2 Å². The molecule has 2 atom stereocenters. The molecule has 0 bridgehead atoms. The van der Waals surface area contributed by atoms with Crippen LogP contribution in [0, 0.1) is 12.8 Å². The second-order valence-corrected chi connectivity index (χ2v) is 7.50. The number of piperidine rings is 1. The van der Waals surface area contributed by atoms with Gasteiger partial charge in [0.15, 0.2) is 6.04 Å². The van der Waals surface area contributed by atoms with E-state index in [2.05, 4.69) is 15.4 Å². The van der Waals surface area contributed by atoms with Crippen LogP contribution < -0.4 is 5.32 Å². The first-order valence-electron chi connectivity index (χ1n) is 9.42. The monoisotopic (exact) mass is 393 g/mol. The fourth-order valence-electron chi connectivity index (χ4n) is 4.19. The van der Waals surface area contributed by atoms with Gasteiger partial charge < -0.3 is 10.2 Å². The number of aromatic nitrogens is 3. The van der Waals surface area contributed by atoms with Crippen LogP contribution in [0.15, 0.2) is 30.5 Å². The summed E-state index contributed by atoms with van der Waals surface area (Å²) in [7, 11) is 0. The van der Waals surface area contributed by atoms with Crippen molar-refractivity contribution in [1.29, 1.82) is 0 Å². The molecule has 2 aromatic heterocycles. The Bertz CT molecular complexity index is 843. The van der Waals surface area contributed by atoms with Crippen LogP contribution in [-0.2, 0) is 0 Å². The Morgan fingerprint density at radius 3 is 2.64 bits per heavy atom. The second kappa shape index (κ2) is 7.10. The first kappa shape index (κ1) is 18.8. The third-order valence-electron chi connectivity index (χ3n) is 5.62. The van der Waals surface area contributed by atoms with Gasteiger partial charge in [0.05, 0.1) is 5.69 Å². The van der Waals surface area contributed by atoms with Crippen LogP contribution in [0.25, 0.3) is 0 Å². The first-order chi connectivity index (χ1) is 13.3. The Labute approximate surface area is 160 Å². The van der Waals surface area contributed by atoms with E-state index in [9.17, 15) is 18.0 Å². The van der Waals surface area contributed by atoms with Crippen LogP contribution in [-0.4, -0.2) is 50.9 Å². The minimum absolute atomic E-state index is 0.0452. The lowest BCUT2D eigenvalue weighted by molar-refractivity contribution is -0.174. The third-order valence-corrected chi connectivity index (χ3v) is 5.62. The van der Waals surface area contributed by atoms with E-state index in [-0.39, 0.29) is 24.3 Å². The summed E-state index contributed by atoms with van der Waals surface area (Å²) in [5.74, 6) is 0.363. The molecule has 0 aromatic carbocycles. The average molecular weight is 393 g/mol. The number of alkyl halides is 3. The van der Waals surface area contributed by atoms with Crippen LogP contribution in [0.5, 0.6) is 0 Å². The molecule has 0 saturated carbocycles. The highest BCUT2D eigenvalue weighted by molar-refractivity contribution is 5.92. The normalized spacial score (nSPS) is 23.2. The SMILES string of the molecule is Cc1cc2n(n1)[C@@H](C(F)(F)F)C[C@@H](C1CCN(C(=O)c3ccccn3)CC1)N2. The third kappa shape index (κ3) is 3.57. The summed E-state index contributed by atoms with van der Waals surface area (Å²) in [6.07, 6.45) is -1.49. The van der Waals surface area contributed by atoms with Crippen LogP contribution in [0.2, 0.25) is 0 Å². The number of fused-ring (bicyclic) bond motifs is 1. The predicted octanol–water partition coefficient (Wildman–Crippen LogP) is 3.43. The Morgan fingerprint density at radius 2 is 2.00 bits per heavy atom. The van der Waals surface area contributed by atoms with Gasteiger partial charge in [0.1, 0.15) is 11.5 Å². The zero-order valence-corrected chi connectivity index (χ0v) is 15.5. The highest BCUT2D eigenvalue weighted by Gasteiger charge is 2.47. The summed E-state index contributed by atoms with van der Waals surface area (Å²) in [6.45, 7) is 2.73. The van der Waals surface area contributed by atoms with Crippen molar-refractivity contribution >= 4 is 11.7 Å². The second-order valence-electron chi connectivity index (χ2n) is 7.50. The molecular formula is C19H22F3N5O. The van der Waals surface area contributed by atoms with Crippen molar-refractivity contribution in [3.8, 4) is 0 Å². The van der Waals surface area contributed by atoms with Crippen LogP contribution in [0.1, 0.15) is 41.5 Å². The molecule has 150 valence electrons. The Kier molecular flexibility index (Phi) is 4.76. The molecule has 0 unspecified atom stereocenters. The number of nitrogens with one attached hydrogen (secondary N) is 1. The largest absolute Gasteiger partial charge is 0.410 e. The number of anilines is 1. The lowest BCUT2D eigenvalue weighted by atomic mass is 9.84. The van der Waals surface area contributed by atoms with Gasteiger partial charge in [-0.25, -0.2) is 4.68 Å². The van der Waals surface area contributed by atoms with Crippen LogP contribution in [0.3, 0.4) is 0 Å². The number of rotatable bonds is 2. The summed E-state index contributed by atoms with van der Waals surface area (Å²) in [4.78, 5) is 18.3. The van der Waals surface area contributed by atoms with E-state index in [0.29, 0.717) is 43.1 Å². The minimum Gasteiger partial charge on any atom is -0.367 e. The lowest BCUT2D eigenvalue weighted by Crippen LogP contribution is -2.47. The van der Waals surface area contributed by atoms with E-state index in [0.717, 1.165) is 4.68 Å². The van der Waals surface area contributed by atoms with Crippen molar-refractivity contribution < 1.29 is 18.0 Å². The average Bonchev–Trinajstić information content (AvgIpc) is 3.06. The maximum atomic E-state index is 13.6. The number of carbonyl (C=O) groups is 1. The van der Waals surface area contributed by atoms with Gasteiger partial charge >= 0.3 is 6.18 Å². The quantitative estimate of drug-likeness (QED) is 0.849. The summed E-state index contributed by atoms with van der Waals surface area (Å²) < 4.78 is 41.8. The number of nitrogens with zero attached hydrogens (tertiary/aromatic N) is 4. The molecule has 9 heteroatoms. The summed E-state index contributed by atoms with van der Waals surface area (Å²) >= 11 is 0. The van der Waals surface area contributed by atoms with Crippen molar-refractivity contribution in [2.75, 3.05) is 18.4 Å². The lowest BCUT2D eigenvalue weighted by Gasteiger charge is -2.40. The molecule has 2 aliphatic heterocycles. The molecule has 0 aliphatic carbocycles. The number of hydrogen-bond acceptors (Lipinski definition) is 4. The Hall–Kier alpha value is -2.58. The Balaban J connectivity index is 1.44. The van der Waals surface area contributed by atoms with E-state index in [4.69, 9.17) is 0 Å². The number of hydrogen-bond donors (Lipinski definition) is 1. The number of amides is 1. The molecule has 1 N–H and O–H groups in total. The van der Waals surface area contributed by atoms with Gasteiger partial charge in [0.2, 0.25) is 0 Å². The fraction of sp³-hybridized carbons (Fsp3) is 0.526. The van der Waals surface area contributed by atoms with Crippen molar-refractivity contribution in [3.63, 3.8) is 0 Å². The number of aryl methyl sites for hydroxylation is 1. The van der Waals surface area contributed by atoms with Crippen LogP contribution in [0.4, 0.5) is 19.0 Å². The minimum atomic E-state index is -4.34. The number of pyridine rings is 1. The van der Waals surface area contributed by atoms with Crippen molar-refractivity contribution in [2.24, 2.45) is 5.92 Å². The van der Waals surface area contributed by atoms with Crippen molar-refractivity contribution in [3.05, 3.63) is 41.9 Å². The molecule has 2 aliphatic rings. The molecular weight excluding hydrogens is 371 g/mol. The number of carbonyl (C=O) groups excluding carboxylic acids is 1. The standard InChI is InChI=1S/C19H22F3N5O/c1-12-10-17-24-15(11-16(19(20,21)22)27(17)25-12)13-5-8-26(9-6-13)18(28)14-4-2-3-7-23-14/h2-4,7,10,13,15-16,24H,5-6,8-9,11H2,1H3/t15-,16+/m0/s1. The predicted molar refractivity (Wildman–Crippen MR) is 96.9 cm³/mol. The van der Waals surface area contributed by atoms with Gasteiger partial charge in [-0.2, -0.15) is 18.3 Å². The smallest absolute Gasteiger partial charge is 0.367 e. The van der Waals surface area contributed by atoms with Gasteiger partial charge in [0, 0.05) is 31.4 Å². The van der Waals surface area contributed by atoms with Gasteiger partial charge in [-0.1, -0.05) is 6.07 Å². The maximum Gasteiger partial charge on any atom is 0.410 e. The highest BCUT2D eigenvalue weighted by atomic mass is 19.4. The molecule has 0 spiro atoms. The molecule has 6 nitrogen and oxygen atoms in total. The molecule has 2 aromatic rings. The molecule has 4 heterocycles. The first-order valence-corrected chi connectivity index (χ1v) is 9.42. The van der Waals surface area contributed by atoms with E-state index in [1.807, 2.05) is 0 Å². The molecule has 1 amide bonds. The van der Waals surface area contributed by atoms with Crippen molar-refractivity contribution in [1.82, 2.24) is 19.7 Å². The van der Waals surface area contributed by atoms with Gasteiger partial charge in [0.25, 0.3) is 5.91 Å². The van der Waals surface area contributed by atoms with E-state index in [1.165, 1.54) is 0 Å². The number of likely N-dealkylation sites (tertiary alicyclic amines) is 1. The maximum absolute atomic E-state index is 13.6. The molecule has 0 radical (unpaired) electrons. The zero-order chi connectivity index (χ0) is 19.9. The van der Waals surface area contributed by atoms with Gasteiger partial charge in [-0.05, 0) is 44.2 Å². The van der Waals surface area contributed by atoms with E-state index in [1.54, 1.807) is 42.3 Å². The summed E-state index contributed by atoms with van der Waals surface area (Å²) in [6, 6.07) is 4.94. The number of halogens is 3. The van der Waals surface area contributed by atoms with Crippen molar-refractivity contribution in [2.45, 2.75) is 44.4 Å².